The molecule has 136 valence electrons. The number of carbonyl (C=O) groups is 2. The van der Waals surface area contributed by atoms with E-state index in [9.17, 15) is 14.7 Å². The number of rotatable bonds is 5. The molecule has 0 fully saturated rings. The van der Waals surface area contributed by atoms with Gasteiger partial charge >= 0.3 is 5.97 Å². The van der Waals surface area contributed by atoms with E-state index in [4.69, 9.17) is 25.8 Å². The molecule has 7 nitrogen and oxygen atoms in total. The summed E-state index contributed by atoms with van der Waals surface area (Å²) < 4.78 is 15.5. The van der Waals surface area contributed by atoms with E-state index in [1.165, 1.54) is 18.2 Å². The van der Waals surface area contributed by atoms with Crippen molar-refractivity contribution < 1.29 is 28.9 Å². The van der Waals surface area contributed by atoms with Crippen LogP contribution < -0.4 is 14.8 Å². The molecular weight excluding hydrogens is 362 g/mol. The molecule has 0 spiro atoms. The lowest BCUT2D eigenvalue weighted by molar-refractivity contribution is -0.124. The number of fused-ring (bicyclic) bond motifs is 1. The maximum atomic E-state index is 12.0. The molecule has 1 heterocycles. The number of carbonyl (C=O) groups excluding carboxylic acids is 2. The smallest absolute Gasteiger partial charge is 0.342 e. The van der Waals surface area contributed by atoms with Crippen LogP contribution in [0.4, 0.5) is 0 Å². The van der Waals surface area contributed by atoms with Gasteiger partial charge in [0, 0.05) is 5.02 Å². The first-order valence-corrected chi connectivity index (χ1v) is 8.16. The van der Waals surface area contributed by atoms with Crippen LogP contribution in [0.2, 0.25) is 5.02 Å². The van der Waals surface area contributed by atoms with Crippen molar-refractivity contribution in [2.45, 2.75) is 13.0 Å². The topological polar surface area (TPSA) is 94.1 Å². The Labute approximate surface area is 154 Å². The molecule has 2 aromatic carbocycles. The summed E-state index contributed by atoms with van der Waals surface area (Å²) in [4.78, 5) is 23.9. The second-order valence-electron chi connectivity index (χ2n) is 5.64. The summed E-state index contributed by atoms with van der Waals surface area (Å²) in [5, 5.41) is 12.7. The number of esters is 1. The third kappa shape index (κ3) is 4.00. The second kappa shape index (κ2) is 7.53. The molecule has 0 unspecified atom stereocenters. The summed E-state index contributed by atoms with van der Waals surface area (Å²) in [6, 6.07) is 9.04. The van der Waals surface area contributed by atoms with Crippen LogP contribution in [0.25, 0.3) is 0 Å². The molecule has 2 aromatic rings. The number of aromatic hydroxyl groups is 1. The minimum Gasteiger partial charge on any atom is -0.507 e. The summed E-state index contributed by atoms with van der Waals surface area (Å²) in [7, 11) is 0. The highest BCUT2D eigenvalue weighted by Crippen LogP contribution is 2.34. The first-order valence-electron chi connectivity index (χ1n) is 7.78. The van der Waals surface area contributed by atoms with E-state index in [1.54, 1.807) is 19.1 Å². The van der Waals surface area contributed by atoms with E-state index in [2.05, 4.69) is 5.32 Å². The number of hydrogen-bond donors (Lipinski definition) is 2. The number of phenols is 1. The number of hydrogen-bond acceptors (Lipinski definition) is 6. The van der Waals surface area contributed by atoms with Crippen molar-refractivity contribution >= 4 is 23.5 Å². The molecule has 0 saturated heterocycles. The highest BCUT2D eigenvalue weighted by Gasteiger charge is 2.18. The molecule has 8 heteroatoms. The van der Waals surface area contributed by atoms with Crippen LogP contribution >= 0.6 is 11.6 Å². The van der Waals surface area contributed by atoms with Gasteiger partial charge in [-0.1, -0.05) is 17.7 Å². The number of ether oxygens (including phenoxy) is 3. The van der Waals surface area contributed by atoms with Gasteiger partial charge in [0.2, 0.25) is 6.79 Å². The SMILES string of the molecule is C[C@H](NC(=O)COC(=O)c1ccc(Cl)cc1O)c1ccc2c(c1)OCO2. The van der Waals surface area contributed by atoms with Crippen LogP contribution in [-0.4, -0.2) is 30.4 Å². The molecule has 1 aliphatic rings. The number of nitrogens with one attached hydrogen (secondary N) is 1. The minimum absolute atomic E-state index is 0.0639. The maximum Gasteiger partial charge on any atom is 0.342 e. The quantitative estimate of drug-likeness (QED) is 0.778. The first-order chi connectivity index (χ1) is 12.4. The van der Waals surface area contributed by atoms with Crippen LogP contribution in [0, 0.1) is 0 Å². The minimum atomic E-state index is -0.815. The Balaban J connectivity index is 1.54. The molecule has 1 aliphatic heterocycles. The Morgan fingerprint density at radius 1 is 1.23 bits per heavy atom. The van der Waals surface area contributed by atoms with Gasteiger partial charge in [0.1, 0.15) is 11.3 Å². The lowest BCUT2D eigenvalue weighted by Crippen LogP contribution is -2.31. The standard InChI is InChI=1S/C18H16ClNO6/c1-10(11-2-5-15-16(6-11)26-9-25-15)20-17(22)8-24-18(23)13-4-3-12(19)7-14(13)21/h2-7,10,21H,8-9H2,1H3,(H,20,22)/t10-/m0/s1. The molecule has 1 atom stereocenters. The van der Waals surface area contributed by atoms with E-state index in [1.807, 2.05) is 6.07 Å². The lowest BCUT2D eigenvalue weighted by atomic mass is 10.1. The van der Waals surface area contributed by atoms with Crippen molar-refractivity contribution in [2.24, 2.45) is 0 Å². The largest absolute Gasteiger partial charge is 0.507 e. The van der Waals surface area contributed by atoms with Crippen molar-refractivity contribution in [1.82, 2.24) is 5.32 Å². The van der Waals surface area contributed by atoms with Gasteiger partial charge in [0.25, 0.3) is 5.91 Å². The van der Waals surface area contributed by atoms with Gasteiger partial charge in [0.05, 0.1) is 6.04 Å². The Kier molecular flexibility index (Phi) is 5.18. The fourth-order valence-corrected chi connectivity index (χ4v) is 2.60. The van der Waals surface area contributed by atoms with Gasteiger partial charge in [-0.05, 0) is 42.8 Å². The van der Waals surface area contributed by atoms with E-state index >= 15 is 0 Å². The van der Waals surface area contributed by atoms with Gasteiger partial charge < -0.3 is 24.6 Å². The molecule has 1 amide bonds. The maximum absolute atomic E-state index is 12.0. The van der Waals surface area contributed by atoms with Crippen LogP contribution in [0.5, 0.6) is 17.2 Å². The van der Waals surface area contributed by atoms with Crippen molar-refractivity contribution in [2.75, 3.05) is 13.4 Å². The zero-order chi connectivity index (χ0) is 18.7. The Morgan fingerprint density at radius 2 is 2.00 bits per heavy atom. The van der Waals surface area contributed by atoms with Crippen LogP contribution in [0.15, 0.2) is 36.4 Å². The predicted molar refractivity (Wildman–Crippen MR) is 92.5 cm³/mol. The Bertz CT molecular complexity index is 854. The summed E-state index contributed by atoms with van der Waals surface area (Å²) in [5.74, 6) is -0.323. The summed E-state index contributed by atoms with van der Waals surface area (Å²) in [6.45, 7) is 1.49. The van der Waals surface area contributed by atoms with Crippen molar-refractivity contribution in [3.05, 3.63) is 52.5 Å². The average molecular weight is 378 g/mol. The molecule has 0 aliphatic carbocycles. The summed E-state index contributed by atoms with van der Waals surface area (Å²) in [6.07, 6.45) is 0. The number of benzene rings is 2. The molecule has 0 saturated carbocycles. The highest BCUT2D eigenvalue weighted by atomic mass is 35.5. The first kappa shape index (κ1) is 17.9. The van der Waals surface area contributed by atoms with Gasteiger partial charge in [-0.15, -0.1) is 0 Å². The fourth-order valence-electron chi connectivity index (χ4n) is 2.44. The fraction of sp³-hybridized carbons (Fsp3) is 0.222. The predicted octanol–water partition coefficient (Wildman–Crippen LogP) is 2.81. The van der Waals surface area contributed by atoms with Gasteiger partial charge in [-0.2, -0.15) is 0 Å². The van der Waals surface area contributed by atoms with Crippen LogP contribution in [0.1, 0.15) is 28.9 Å². The van der Waals surface area contributed by atoms with Crippen LogP contribution in [-0.2, 0) is 9.53 Å². The summed E-state index contributed by atoms with van der Waals surface area (Å²) >= 11 is 5.71. The number of phenolic OH excluding ortho intramolecular Hbond substituents is 1. The molecule has 26 heavy (non-hydrogen) atoms. The van der Waals surface area contributed by atoms with Crippen molar-refractivity contribution in [3.63, 3.8) is 0 Å². The van der Waals surface area contributed by atoms with Crippen LogP contribution in [0.3, 0.4) is 0 Å². The lowest BCUT2D eigenvalue weighted by Gasteiger charge is -2.15. The third-order valence-electron chi connectivity index (χ3n) is 3.79. The van der Waals surface area contributed by atoms with E-state index in [0.29, 0.717) is 11.5 Å². The number of halogens is 1. The number of amides is 1. The van der Waals surface area contributed by atoms with Crippen molar-refractivity contribution in [3.8, 4) is 17.2 Å². The highest BCUT2D eigenvalue weighted by molar-refractivity contribution is 6.30. The monoisotopic (exact) mass is 377 g/mol. The zero-order valence-corrected chi connectivity index (χ0v) is 14.6. The molecular formula is C18H16ClNO6. The Hall–Kier alpha value is -2.93. The summed E-state index contributed by atoms with van der Waals surface area (Å²) in [5.41, 5.74) is 0.760. The molecule has 3 rings (SSSR count). The molecule has 0 aromatic heterocycles. The second-order valence-corrected chi connectivity index (χ2v) is 6.08. The van der Waals surface area contributed by atoms with E-state index in [-0.39, 0.29) is 29.2 Å². The molecule has 0 radical (unpaired) electrons. The Morgan fingerprint density at radius 3 is 2.77 bits per heavy atom. The van der Waals surface area contributed by atoms with Gasteiger partial charge in [-0.3, -0.25) is 4.79 Å². The van der Waals surface area contributed by atoms with Gasteiger partial charge in [-0.25, -0.2) is 4.79 Å². The normalized spacial score (nSPS) is 13.2. The average Bonchev–Trinajstić information content (AvgIpc) is 3.07. The molecule has 2 N–H and O–H groups in total. The molecule has 0 bridgehead atoms. The zero-order valence-electron chi connectivity index (χ0n) is 13.8. The van der Waals surface area contributed by atoms with Crippen molar-refractivity contribution in [1.29, 1.82) is 0 Å². The van der Waals surface area contributed by atoms with E-state index < -0.39 is 18.5 Å². The third-order valence-corrected chi connectivity index (χ3v) is 4.02. The van der Waals surface area contributed by atoms with Gasteiger partial charge in [0.15, 0.2) is 18.1 Å². The van der Waals surface area contributed by atoms with E-state index in [0.717, 1.165) is 5.56 Å².